The highest BCUT2D eigenvalue weighted by Crippen LogP contribution is 2.23. The lowest BCUT2D eigenvalue weighted by atomic mass is 10.3. The van der Waals surface area contributed by atoms with Crippen molar-refractivity contribution in [3.05, 3.63) is 18.2 Å². The van der Waals surface area contributed by atoms with Crippen LogP contribution in [0.5, 0.6) is 5.75 Å². The molecule has 3 N–H and O–H groups in total. The smallest absolute Gasteiger partial charge is 0.233 e. The molecule has 0 aliphatic heterocycles. The van der Waals surface area contributed by atoms with E-state index in [1.165, 1.54) is 0 Å². The van der Waals surface area contributed by atoms with Gasteiger partial charge in [-0.2, -0.15) is 0 Å². The molecule has 0 fully saturated rings. The number of ether oxygens (including phenoxy) is 1. The fourth-order valence-corrected chi connectivity index (χ4v) is 2.64. The third kappa shape index (κ3) is 4.85. The molecule has 20 heavy (non-hydrogen) atoms. The number of benzene rings is 1. The first-order valence-corrected chi connectivity index (χ1v) is 7.99. The van der Waals surface area contributed by atoms with Gasteiger partial charge >= 0.3 is 0 Å². The van der Waals surface area contributed by atoms with Gasteiger partial charge < -0.3 is 15.8 Å². The van der Waals surface area contributed by atoms with E-state index in [1.807, 2.05) is 20.8 Å². The Morgan fingerprint density at radius 3 is 2.75 bits per heavy atom. The van der Waals surface area contributed by atoms with Crippen molar-refractivity contribution in [2.45, 2.75) is 38.1 Å². The molecule has 1 aromatic rings. The van der Waals surface area contributed by atoms with Gasteiger partial charge in [-0.05, 0) is 38.5 Å². The molecular formula is C14H22N2O3S. The van der Waals surface area contributed by atoms with Crippen molar-refractivity contribution in [2.24, 2.45) is 0 Å². The van der Waals surface area contributed by atoms with Gasteiger partial charge in [0.05, 0.1) is 22.3 Å². The van der Waals surface area contributed by atoms with Crippen molar-refractivity contribution in [2.75, 3.05) is 18.1 Å². The van der Waals surface area contributed by atoms with Crippen molar-refractivity contribution in [3.8, 4) is 5.75 Å². The molecule has 0 saturated carbocycles. The summed E-state index contributed by atoms with van der Waals surface area (Å²) in [6, 6.07) is 5.07. The van der Waals surface area contributed by atoms with Crippen LogP contribution >= 0.6 is 0 Å². The zero-order valence-electron chi connectivity index (χ0n) is 12.1. The van der Waals surface area contributed by atoms with E-state index in [9.17, 15) is 9.00 Å². The van der Waals surface area contributed by atoms with E-state index in [4.69, 9.17) is 10.5 Å². The van der Waals surface area contributed by atoms with Crippen molar-refractivity contribution in [3.63, 3.8) is 0 Å². The highest BCUT2D eigenvalue weighted by atomic mass is 32.2. The number of nitrogen functional groups attached to an aromatic ring is 1. The van der Waals surface area contributed by atoms with Crippen LogP contribution in [0.1, 0.15) is 27.2 Å². The van der Waals surface area contributed by atoms with Crippen LogP contribution in [0.3, 0.4) is 0 Å². The summed E-state index contributed by atoms with van der Waals surface area (Å²) >= 11 is 0. The second kappa shape index (κ2) is 7.89. The number of hydrogen-bond donors (Lipinski definition) is 2. The predicted octanol–water partition coefficient (Wildman–Crippen LogP) is 1.69. The number of carbonyl (C=O) groups is 1. The first-order valence-electron chi connectivity index (χ1n) is 6.68. The van der Waals surface area contributed by atoms with Crippen LogP contribution in [0.2, 0.25) is 0 Å². The van der Waals surface area contributed by atoms with E-state index in [0.717, 1.165) is 6.42 Å². The number of amides is 1. The number of hydrogen-bond acceptors (Lipinski definition) is 4. The number of rotatable bonds is 7. The third-order valence-corrected chi connectivity index (χ3v) is 4.19. The SMILES string of the molecule is CCOc1ccc(N)c(S(=O)CC(=O)NC(C)CC)c1. The van der Waals surface area contributed by atoms with Gasteiger partial charge in [0.2, 0.25) is 5.91 Å². The molecule has 0 saturated heterocycles. The first-order chi connectivity index (χ1) is 9.47. The second-order valence-corrected chi connectivity index (χ2v) is 5.92. The van der Waals surface area contributed by atoms with Gasteiger partial charge in [0.1, 0.15) is 11.5 Å². The van der Waals surface area contributed by atoms with Crippen LogP contribution < -0.4 is 15.8 Å². The van der Waals surface area contributed by atoms with E-state index < -0.39 is 10.8 Å². The summed E-state index contributed by atoms with van der Waals surface area (Å²) in [6.45, 7) is 6.27. The number of nitrogens with one attached hydrogen (secondary N) is 1. The van der Waals surface area contributed by atoms with Crippen LogP contribution in [0, 0.1) is 0 Å². The summed E-state index contributed by atoms with van der Waals surface area (Å²) in [6.07, 6.45) is 0.834. The van der Waals surface area contributed by atoms with Crippen molar-refractivity contribution < 1.29 is 13.7 Å². The van der Waals surface area contributed by atoms with Gasteiger partial charge in [0.15, 0.2) is 0 Å². The lowest BCUT2D eigenvalue weighted by molar-refractivity contribution is -0.119. The van der Waals surface area contributed by atoms with E-state index in [0.29, 0.717) is 22.9 Å². The van der Waals surface area contributed by atoms with Gasteiger partial charge in [-0.15, -0.1) is 0 Å². The first kappa shape index (κ1) is 16.5. The maximum absolute atomic E-state index is 12.2. The number of nitrogens with two attached hydrogens (primary N) is 1. The van der Waals surface area contributed by atoms with Crippen LogP contribution in [0.15, 0.2) is 23.1 Å². The molecule has 2 atom stereocenters. The lowest BCUT2D eigenvalue weighted by Gasteiger charge is -2.12. The minimum absolute atomic E-state index is 0.0756. The molecule has 1 aromatic carbocycles. The van der Waals surface area contributed by atoms with Gasteiger partial charge in [-0.1, -0.05) is 6.92 Å². The fraction of sp³-hybridized carbons (Fsp3) is 0.500. The highest BCUT2D eigenvalue weighted by molar-refractivity contribution is 7.86. The molecule has 0 spiro atoms. The molecule has 2 unspecified atom stereocenters. The van der Waals surface area contributed by atoms with Crippen LogP contribution in [0.4, 0.5) is 5.69 Å². The summed E-state index contributed by atoms with van der Waals surface area (Å²) in [7, 11) is -1.47. The molecule has 112 valence electrons. The fourth-order valence-electron chi connectivity index (χ4n) is 1.58. The molecule has 0 heterocycles. The van der Waals surface area contributed by atoms with Gasteiger partial charge in [-0.3, -0.25) is 9.00 Å². The molecular weight excluding hydrogens is 276 g/mol. The maximum atomic E-state index is 12.2. The van der Waals surface area contributed by atoms with Gasteiger partial charge in [0, 0.05) is 11.7 Å². The van der Waals surface area contributed by atoms with Crippen molar-refractivity contribution in [1.29, 1.82) is 0 Å². The Balaban J connectivity index is 2.76. The summed E-state index contributed by atoms with van der Waals surface area (Å²) in [4.78, 5) is 12.2. The second-order valence-electron chi connectivity index (χ2n) is 4.50. The molecule has 0 aliphatic rings. The van der Waals surface area contributed by atoms with Crippen molar-refractivity contribution >= 4 is 22.4 Å². The topological polar surface area (TPSA) is 81.4 Å². The standard InChI is InChI=1S/C14H22N2O3S/c1-4-10(3)16-14(17)9-20(18)13-8-11(19-5-2)6-7-12(13)15/h6-8,10H,4-5,9,15H2,1-3H3,(H,16,17). The highest BCUT2D eigenvalue weighted by Gasteiger charge is 2.15. The summed E-state index contributed by atoms with van der Waals surface area (Å²) in [5.41, 5.74) is 6.22. The monoisotopic (exact) mass is 298 g/mol. The van der Waals surface area contributed by atoms with Crippen LogP contribution in [-0.4, -0.2) is 28.5 Å². The maximum Gasteiger partial charge on any atom is 0.233 e. The quantitative estimate of drug-likeness (QED) is 0.751. The Kier molecular flexibility index (Phi) is 6.51. The zero-order chi connectivity index (χ0) is 15.1. The number of anilines is 1. The Labute approximate surface area is 122 Å². The zero-order valence-corrected chi connectivity index (χ0v) is 13.0. The minimum Gasteiger partial charge on any atom is -0.494 e. The normalized spacial score (nSPS) is 13.6. The number of carbonyl (C=O) groups excluding carboxylic acids is 1. The molecule has 0 aromatic heterocycles. The van der Waals surface area contributed by atoms with Crippen molar-refractivity contribution in [1.82, 2.24) is 5.32 Å². The van der Waals surface area contributed by atoms with Crippen LogP contribution in [-0.2, 0) is 15.6 Å². The lowest BCUT2D eigenvalue weighted by Crippen LogP contribution is -2.35. The predicted molar refractivity (Wildman–Crippen MR) is 81.2 cm³/mol. The Morgan fingerprint density at radius 1 is 1.45 bits per heavy atom. The minimum atomic E-state index is -1.47. The molecule has 0 radical (unpaired) electrons. The summed E-state index contributed by atoms with van der Waals surface area (Å²) < 4.78 is 17.6. The van der Waals surface area contributed by atoms with Crippen LogP contribution in [0.25, 0.3) is 0 Å². The molecule has 6 heteroatoms. The largest absolute Gasteiger partial charge is 0.494 e. The summed E-state index contributed by atoms with van der Waals surface area (Å²) in [5, 5.41) is 2.79. The average Bonchev–Trinajstić information content (AvgIpc) is 2.40. The molecule has 1 rings (SSSR count). The third-order valence-electron chi connectivity index (χ3n) is 2.82. The van der Waals surface area contributed by atoms with Gasteiger partial charge in [-0.25, -0.2) is 0 Å². The van der Waals surface area contributed by atoms with E-state index in [-0.39, 0.29) is 17.7 Å². The average molecular weight is 298 g/mol. The Morgan fingerprint density at radius 2 is 2.15 bits per heavy atom. The van der Waals surface area contributed by atoms with E-state index >= 15 is 0 Å². The van der Waals surface area contributed by atoms with E-state index in [1.54, 1.807) is 18.2 Å². The molecule has 0 bridgehead atoms. The van der Waals surface area contributed by atoms with Gasteiger partial charge in [0.25, 0.3) is 0 Å². The molecule has 0 aliphatic carbocycles. The molecule has 1 amide bonds. The Bertz CT molecular complexity index is 491. The Hall–Kier alpha value is -1.56. The van der Waals surface area contributed by atoms with E-state index in [2.05, 4.69) is 5.32 Å². The molecule has 5 nitrogen and oxygen atoms in total. The summed E-state index contributed by atoms with van der Waals surface area (Å²) in [5.74, 6) is 0.274.